The van der Waals surface area contributed by atoms with Gasteiger partial charge < -0.3 is 10.8 Å². The van der Waals surface area contributed by atoms with Gasteiger partial charge >= 0.3 is 5.97 Å². The third-order valence-electron chi connectivity index (χ3n) is 0.897. The van der Waals surface area contributed by atoms with Crippen LogP contribution in [-0.2, 0) is 14.4 Å². The van der Waals surface area contributed by atoms with Crippen molar-refractivity contribution < 1.29 is 19.5 Å². The molecule has 0 rings (SSSR count). The van der Waals surface area contributed by atoms with E-state index in [-0.39, 0.29) is 0 Å². The number of rotatable bonds is 5. The third-order valence-corrected chi connectivity index (χ3v) is 1.74. The zero-order valence-corrected chi connectivity index (χ0v) is 6.34. The van der Waals surface area contributed by atoms with Gasteiger partial charge in [-0.25, -0.2) is 0 Å². The van der Waals surface area contributed by atoms with Gasteiger partial charge in [0.25, 0.3) is 0 Å². The minimum Gasteiger partial charge on any atom is -0.481 e. The number of carboxylic acid groups (broad SMARTS) is 1. The van der Waals surface area contributed by atoms with E-state index in [2.05, 4.69) is 0 Å². The van der Waals surface area contributed by atoms with Crippen LogP contribution in [0.1, 0.15) is 6.42 Å². The van der Waals surface area contributed by atoms with Gasteiger partial charge in [0.15, 0.2) is 5.62 Å². The molecule has 0 fully saturated rings. The van der Waals surface area contributed by atoms with Crippen LogP contribution < -0.4 is 5.73 Å². The third kappa shape index (κ3) is 4.38. The average molecular weight is 177 g/mol. The van der Waals surface area contributed by atoms with Crippen LogP contribution in [0.25, 0.3) is 0 Å². The molecule has 5 nitrogen and oxygen atoms in total. The molecule has 0 aliphatic carbocycles. The molecule has 3 N–H and O–H groups in total. The van der Waals surface area contributed by atoms with E-state index in [0.29, 0.717) is 17.4 Å². The van der Waals surface area contributed by atoms with Gasteiger partial charge in [0.05, 0.1) is 6.42 Å². The Hall–Kier alpha value is -1.04. The maximum atomic E-state index is 10.4. The van der Waals surface area contributed by atoms with Crippen molar-refractivity contribution in [2.75, 3.05) is 0 Å². The summed E-state index contributed by atoms with van der Waals surface area (Å²) in [6.45, 7) is 0. The molecule has 0 aliphatic rings. The van der Waals surface area contributed by atoms with Crippen molar-refractivity contribution in [2.45, 2.75) is 11.7 Å². The van der Waals surface area contributed by atoms with Crippen molar-refractivity contribution >= 4 is 29.3 Å². The van der Waals surface area contributed by atoms with Gasteiger partial charge in [-0.2, -0.15) is 0 Å². The lowest BCUT2D eigenvalue weighted by atomic mass is 10.3. The summed E-state index contributed by atoms with van der Waals surface area (Å²) in [5.74, 6) is -1.94. The number of carbonyl (C=O) groups is 3. The van der Waals surface area contributed by atoms with E-state index < -0.39 is 23.5 Å². The second kappa shape index (κ2) is 4.73. The van der Waals surface area contributed by atoms with Gasteiger partial charge in [0.1, 0.15) is 5.25 Å². The number of carbonyl (C=O) groups excluding carboxylic acids is 2. The Bertz CT molecular complexity index is 181. The number of thioether (sulfide) groups is 1. The molecule has 1 amide bonds. The number of amides is 1. The smallest absolute Gasteiger partial charge is 0.305 e. The fourth-order valence-corrected chi connectivity index (χ4v) is 0.948. The van der Waals surface area contributed by atoms with Gasteiger partial charge in [0, 0.05) is 0 Å². The van der Waals surface area contributed by atoms with Crippen molar-refractivity contribution in [3.8, 4) is 0 Å². The highest BCUT2D eigenvalue weighted by Crippen LogP contribution is 2.10. The molecule has 0 heterocycles. The molecule has 0 radical (unpaired) electrons. The lowest BCUT2D eigenvalue weighted by Crippen LogP contribution is -2.28. The van der Waals surface area contributed by atoms with Crippen LogP contribution in [0.5, 0.6) is 0 Å². The second-order valence-electron chi connectivity index (χ2n) is 1.72. The van der Waals surface area contributed by atoms with Crippen LogP contribution >= 0.6 is 11.8 Å². The molecule has 0 aromatic heterocycles. The van der Waals surface area contributed by atoms with Crippen LogP contribution in [0.15, 0.2) is 0 Å². The SMILES string of the molecule is NC(=O)C(CC(=O)O)SC=O. The monoisotopic (exact) mass is 177 g/mol. The topological polar surface area (TPSA) is 97.5 Å². The molecule has 1 unspecified atom stereocenters. The largest absolute Gasteiger partial charge is 0.481 e. The van der Waals surface area contributed by atoms with Gasteiger partial charge in [-0.1, -0.05) is 11.8 Å². The normalized spacial score (nSPS) is 12.0. The summed E-state index contributed by atoms with van der Waals surface area (Å²) >= 11 is 0.577. The number of nitrogens with two attached hydrogens (primary N) is 1. The summed E-state index contributed by atoms with van der Waals surface area (Å²) in [6.07, 6.45) is -0.418. The van der Waals surface area contributed by atoms with Gasteiger partial charge in [-0.05, 0) is 0 Å². The van der Waals surface area contributed by atoms with Crippen molar-refractivity contribution in [3.63, 3.8) is 0 Å². The van der Waals surface area contributed by atoms with E-state index >= 15 is 0 Å². The Morgan fingerprint density at radius 1 is 1.64 bits per heavy atom. The standard InChI is InChI=1S/C5H7NO4S/c6-5(10)3(11-2-7)1-4(8)9/h2-3H,1H2,(H2,6,10)(H,8,9). The Balaban J connectivity index is 3.99. The molecule has 0 bridgehead atoms. The molecule has 62 valence electrons. The highest BCUT2D eigenvalue weighted by molar-refractivity contribution is 8.13. The van der Waals surface area contributed by atoms with E-state index in [4.69, 9.17) is 10.8 Å². The van der Waals surface area contributed by atoms with Crippen LogP contribution in [0.2, 0.25) is 0 Å². The predicted molar refractivity (Wildman–Crippen MR) is 39.6 cm³/mol. The summed E-state index contributed by atoms with van der Waals surface area (Å²) < 4.78 is 0. The van der Waals surface area contributed by atoms with Crippen molar-refractivity contribution in [1.29, 1.82) is 0 Å². The number of primary amides is 1. The lowest BCUT2D eigenvalue weighted by molar-refractivity contribution is -0.138. The van der Waals surface area contributed by atoms with Crippen LogP contribution in [-0.4, -0.2) is 27.9 Å². The Morgan fingerprint density at radius 3 is 2.45 bits per heavy atom. The minimum absolute atomic E-state index is 0.401. The molecular weight excluding hydrogens is 170 g/mol. The van der Waals surface area contributed by atoms with Gasteiger partial charge in [-0.3, -0.25) is 14.4 Å². The van der Waals surface area contributed by atoms with E-state index in [1.165, 1.54) is 0 Å². The number of hydrogen-bond acceptors (Lipinski definition) is 4. The quantitative estimate of drug-likeness (QED) is 0.538. The molecule has 0 saturated carbocycles. The lowest BCUT2D eigenvalue weighted by Gasteiger charge is -2.03. The van der Waals surface area contributed by atoms with Crippen LogP contribution in [0, 0.1) is 0 Å². The van der Waals surface area contributed by atoms with E-state index in [9.17, 15) is 14.4 Å². The Labute approximate surface area is 66.9 Å². The molecule has 6 heteroatoms. The molecule has 0 aliphatic heterocycles. The Kier molecular flexibility index (Phi) is 4.28. The molecule has 1 atom stereocenters. The number of aliphatic carboxylic acids is 1. The maximum Gasteiger partial charge on any atom is 0.305 e. The Morgan fingerprint density at radius 2 is 2.18 bits per heavy atom. The first-order valence-corrected chi connectivity index (χ1v) is 3.62. The highest BCUT2D eigenvalue weighted by Gasteiger charge is 2.18. The first-order valence-electron chi connectivity index (χ1n) is 2.68. The summed E-state index contributed by atoms with van der Waals surface area (Å²) in [5, 5.41) is 7.27. The maximum absolute atomic E-state index is 10.4. The summed E-state index contributed by atoms with van der Waals surface area (Å²) in [6, 6.07) is 0. The van der Waals surface area contributed by atoms with Crippen molar-refractivity contribution in [2.24, 2.45) is 5.73 Å². The second-order valence-corrected chi connectivity index (χ2v) is 2.75. The summed E-state index contributed by atoms with van der Waals surface area (Å²) in [4.78, 5) is 30.3. The first-order chi connectivity index (χ1) is 5.07. The van der Waals surface area contributed by atoms with E-state index in [1.807, 2.05) is 0 Å². The molecule has 0 saturated heterocycles. The van der Waals surface area contributed by atoms with E-state index in [1.54, 1.807) is 0 Å². The zero-order chi connectivity index (χ0) is 8.85. The van der Waals surface area contributed by atoms with Crippen LogP contribution in [0.3, 0.4) is 0 Å². The first kappa shape index (κ1) is 9.96. The molecular formula is C5H7NO4S. The molecule has 0 spiro atoms. The fourth-order valence-electron chi connectivity index (χ4n) is 0.441. The summed E-state index contributed by atoms with van der Waals surface area (Å²) in [5.41, 5.74) is 5.19. The zero-order valence-electron chi connectivity index (χ0n) is 5.52. The highest BCUT2D eigenvalue weighted by atomic mass is 32.2. The summed E-state index contributed by atoms with van der Waals surface area (Å²) in [7, 11) is 0. The van der Waals surface area contributed by atoms with Gasteiger partial charge in [-0.15, -0.1) is 0 Å². The minimum atomic E-state index is -1.15. The predicted octanol–water partition coefficient (Wildman–Crippen LogP) is -0.762. The number of carboxylic acids is 1. The molecule has 0 aromatic rings. The average Bonchev–Trinajstić information content (AvgIpc) is 1.86. The van der Waals surface area contributed by atoms with Crippen LogP contribution in [0.4, 0.5) is 0 Å². The molecule has 11 heavy (non-hydrogen) atoms. The van der Waals surface area contributed by atoms with Gasteiger partial charge in [0.2, 0.25) is 5.91 Å². The molecule has 0 aromatic carbocycles. The fraction of sp³-hybridized carbons (Fsp3) is 0.400. The number of hydrogen-bond donors (Lipinski definition) is 2. The van der Waals surface area contributed by atoms with Crippen molar-refractivity contribution in [3.05, 3.63) is 0 Å². The van der Waals surface area contributed by atoms with E-state index in [0.717, 1.165) is 0 Å². The van der Waals surface area contributed by atoms with Crippen molar-refractivity contribution in [1.82, 2.24) is 0 Å².